The molecule has 0 bridgehead atoms. The molecular formula is C29H30FNO5. The lowest BCUT2D eigenvalue weighted by atomic mass is 9.85. The summed E-state index contributed by atoms with van der Waals surface area (Å²) in [5.74, 6) is 0.119. The topological polar surface area (TPSA) is 66.0 Å². The number of anilines is 1. The van der Waals surface area contributed by atoms with Gasteiger partial charge in [-0.15, -0.1) is 0 Å². The zero-order chi connectivity index (χ0) is 25.9. The first-order chi connectivity index (χ1) is 17.2. The molecule has 36 heavy (non-hydrogen) atoms. The number of ether oxygens (including phenoxy) is 4. The molecule has 0 radical (unpaired) electrons. The average molecular weight is 492 g/mol. The quantitative estimate of drug-likeness (QED) is 0.289. The van der Waals surface area contributed by atoms with Crippen molar-refractivity contribution in [2.75, 3.05) is 26.3 Å². The maximum atomic E-state index is 13.7. The second-order valence-corrected chi connectivity index (χ2v) is 9.19. The summed E-state index contributed by atoms with van der Waals surface area (Å²) in [7, 11) is 3.15. The number of benzene rings is 3. The lowest BCUT2D eigenvalue weighted by Gasteiger charge is -2.33. The van der Waals surface area contributed by atoms with E-state index in [2.05, 4.69) is 25.2 Å². The van der Waals surface area contributed by atoms with E-state index in [4.69, 9.17) is 18.9 Å². The lowest BCUT2D eigenvalue weighted by Crippen LogP contribution is -2.32. The van der Waals surface area contributed by atoms with Crippen molar-refractivity contribution < 1.29 is 28.1 Å². The predicted octanol–water partition coefficient (Wildman–Crippen LogP) is 6.45. The van der Waals surface area contributed by atoms with E-state index in [9.17, 15) is 9.18 Å². The SMILES string of the molecule is COCOc1ccc(-c2ccc3c(c2COC(=O)c2cccc(F)c2)C(C)=CC(C)(C)N3)c(OC)c1. The Balaban J connectivity index is 1.79. The molecule has 7 heteroatoms. The molecule has 1 N–H and O–H groups in total. The van der Waals surface area contributed by atoms with Gasteiger partial charge in [0.25, 0.3) is 0 Å². The van der Waals surface area contributed by atoms with Crippen LogP contribution in [0.4, 0.5) is 10.1 Å². The van der Waals surface area contributed by atoms with Gasteiger partial charge in [0.1, 0.15) is 23.9 Å². The number of nitrogens with one attached hydrogen (secondary N) is 1. The number of fused-ring (bicyclic) bond motifs is 1. The van der Waals surface area contributed by atoms with E-state index in [0.29, 0.717) is 11.5 Å². The highest BCUT2D eigenvalue weighted by atomic mass is 19.1. The van der Waals surface area contributed by atoms with Crippen molar-refractivity contribution >= 4 is 17.2 Å². The standard InChI is InChI=1S/C29H30FNO5/c1-18-15-29(2,3)31-25-12-11-22(23-10-9-21(36-17-33-4)14-26(23)34-5)24(27(18)25)16-35-28(32)19-7-6-8-20(30)13-19/h6-15,31H,16-17H2,1-5H3. The van der Waals surface area contributed by atoms with E-state index in [1.165, 1.54) is 24.3 Å². The van der Waals surface area contributed by atoms with Gasteiger partial charge in [-0.05, 0) is 68.3 Å². The Bertz CT molecular complexity index is 1320. The first kappa shape index (κ1) is 25.3. The summed E-state index contributed by atoms with van der Waals surface area (Å²) < 4.78 is 35.6. The van der Waals surface area contributed by atoms with Crippen LogP contribution in [-0.4, -0.2) is 32.5 Å². The number of esters is 1. The number of hydrogen-bond donors (Lipinski definition) is 1. The molecule has 4 rings (SSSR count). The van der Waals surface area contributed by atoms with E-state index in [0.717, 1.165) is 33.5 Å². The Hall–Kier alpha value is -3.84. The molecule has 0 aromatic heterocycles. The van der Waals surface area contributed by atoms with Crippen LogP contribution in [0.5, 0.6) is 11.5 Å². The average Bonchev–Trinajstić information content (AvgIpc) is 2.84. The summed E-state index contributed by atoms with van der Waals surface area (Å²) >= 11 is 0. The van der Waals surface area contributed by atoms with Gasteiger partial charge in [-0.3, -0.25) is 0 Å². The summed E-state index contributed by atoms with van der Waals surface area (Å²) in [6.45, 7) is 6.35. The van der Waals surface area contributed by atoms with Crippen LogP contribution >= 0.6 is 0 Å². The molecule has 3 aromatic carbocycles. The second kappa shape index (κ2) is 10.4. The van der Waals surface area contributed by atoms with E-state index < -0.39 is 11.8 Å². The number of rotatable bonds is 8. The van der Waals surface area contributed by atoms with Crippen LogP contribution in [0.2, 0.25) is 0 Å². The van der Waals surface area contributed by atoms with Crippen molar-refractivity contribution in [1.29, 1.82) is 0 Å². The third-order valence-electron chi connectivity index (χ3n) is 5.96. The van der Waals surface area contributed by atoms with Gasteiger partial charge in [-0.1, -0.05) is 18.2 Å². The summed E-state index contributed by atoms with van der Waals surface area (Å²) in [5.41, 5.74) is 5.38. The van der Waals surface area contributed by atoms with Gasteiger partial charge < -0.3 is 24.3 Å². The van der Waals surface area contributed by atoms with Gasteiger partial charge in [-0.25, -0.2) is 9.18 Å². The van der Waals surface area contributed by atoms with E-state index in [-0.39, 0.29) is 24.5 Å². The summed E-state index contributed by atoms with van der Waals surface area (Å²) in [6.07, 6.45) is 2.15. The van der Waals surface area contributed by atoms with Crippen molar-refractivity contribution in [2.45, 2.75) is 32.9 Å². The molecule has 0 saturated carbocycles. The van der Waals surface area contributed by atoms with Crippen LogP contribution in [0, 0.1) is 5.82 Å². The second-order valence-electron chi connectivity index (χ2n) is 9.19. The highest BCUT2D eigenvalue weighted by Crippen LogP contribution is 2.43. The van der Waals surface area contributed by atoms with Gasteiger partial charge in [0.05, 0.1) is 18.2 Å². The number of carbonyl (C=O) groups excluding carboxylic acids is 1. The molecule has 3 aromatic rings. The fraction of sp³-hybridized carbons (Fsp3) is 0.276. The molecule has 0 saturated heterocycles. The van der Waals surface area contributed by atoms with E-state index >= 15 is 0 Å². The Morgan fingerprint density at radius 2 is 1.81 bits per heavy atom. The van der Waals surface area contributed by atoms with Crippen LogP contribution in [0.15, 0.2) is 60.7 Å². The maximum absolute atomic E-state index is 13.7. The molecule has 6 nitrogen and oxygen atoms in total. The third kappa shape index (κ3) is 5.36. The minimum absolute atomic E-state index is 0.00772. The van der Waals surface area contributed by atoms with Crippen LogP contribution < -0.4 is 14.8 Å². The molecule has 1 heterocycles. The largest absolute Gasteiger partial charge is 0.496 e. The number of halogens is 1. The van der Waals surface area contributed by atoms with Crippen LogP contribution in [0.1, 0.15) is 42.3 Å². The molecule has 0 unspecified atom stereocenters. The molecule has 0 spiro atoms. The Labute approximate surface area is 210 Å². The number of allylic oxidation sites excluding steroid dienone is 1. The Morgan fingerprint density at radius 3 is 2.53 bits per heavy atom. The van der Waals surface area contributed by atoms with Gasteiger partial charge in [-0.2, -0.15) is 0 Å². The highest BCUT2D eigenvalue weighted by Gasteiger charge is 2.27. The molecule has 1 aliphatic heterocycles. The molecule has 188 valence electrons. The zero-order valence-corrected chi connectivity index (χ0v) is 21.1. The highest BCUT2D eigenvalue weighted by molar-refractivity contribution is 5.91. The smallest absolute Gasteiger partial charge is 0.338 e. The van der Waals surface area contributed by atoms with Crippen LogP contribution in [0.25, 0.3) is 16.7 Å². The number of carbonyl (C=O) groups is 1. The van der Waals surface area contributed by atoms with Gasteiger partial charge in [0.2, 0.25) is 0 Å². The molecule has 0 aliphatic carbocycles. The van der Waals surface area contributed by atoms with Crippen LogP contribution in [-0.2, 0) is 16.1 Å². The molecular weight excluding hydrogens is 461 g/mol. The molecule has 0 atom stereocenters. The predicted molar refractivity (Wildman–Crippen MR) is 138 cm³/mol. The molecule has 0 fully saturated rings. The fourth-order valence-electron chi connectivity index (χ4n) is 4.55. The lowest BCUT2D eigenvalue weighted by molar-refractivity contribution is 0.0472. The van der Waals surface area contributed by atoms with Crippen molar-refractivity contribution in [2.24, 2.45) is 0 Å². The molecule has 1 aliphatic rings. The molecule has 0 amide bonds. The van der Waals surface area contributed by atoms with Crippen LogP contribution in [0.3, 0.4) is 0 Å². The van der Waals surface area contributed by atoms with Crippen molar-refractivity contribution in [1.82, 2.24) is 0 Å². The third-order valence-corrected chi connectivity index (χ3v) is 5.96. The first-order valence-corrected chi connectivity index (χ1v) is 11.6. The number of hydrogen-bond acceptors (Lipinski definition) is 6. The van der Waals surface area contributed by atoms with Gasteiger partial charge in [0.15, 0.2) is 6.79 Å². The van der Waals surface area contributed by atoms with E-state index in [1.807, 2.05) is 31.2 Å². The minimum Gasteiger partial charge on any atom is -0.496 e. The maximum Gasteiger partial charge on any atom is 0.338 e. The van der Waals surface area contributed by atoms with E-state index in [1.54, 1.807) is 20.3 Å². The van der Waals surface area contributed by atoms with Crippen molar-refractivity contribution in [3.63, 3.8) is 0 Å². The fourth-order valence-corrected chi connectivity index (χ4v) is 4.55. The van der Waals surface area contributed by atoms with Crippen molar-refractivity contribution in [3.05, 3.63) is 83.2 Å². The summed E-state index contributed by atoms with van der Waals surface area (Å²) in [4.78, 5) is 12.8. The summed E-state index contributed by atoms with van der Waals surface area (Å²) in [5, 5.41) is 3.54. The normalized spacial score (nSPS) is 13.8. The van der Waals surface area contributed by atoms with Gasteiger partial charge >= 0.3 is 5.97 Å². The Kier molecular flexibility index (Phi) is 7.31. The Morgan fingerprint density at radius 1 is 1.03 bits per heavy atom. The van der Waals surface area contributed by atoms with Gasteiger partial charge in [0, 0.05) is 35.6 Å². The number of methoxy groups -OCH3 is 2. The monoisotopic (exact) mass is 491 g/mol. The minimum atomic E-state index is -0.598. The zero-order valence-electron chi connectivity index (χ0n) is 21.1. The summed E-state index contributed by atoms with van der Waals surface area (Å²) in [6, 6.07) is 15.0. The van der Waals surface area contributed by atoms with Crippen molar-refractivity contribution in [3.8, 4) is 22.6 Å². The first-order valence-electron chi connectivity index (χ1n) is 11.6.